The standard InChI is InChI=1S/C37H63N2O8/c1-10-30(41)27(5)35-31(45-35)22-24(2)12-11-13-25(3)34-26(4)14-15-32(37(6,44)19-16-29(40)23-33(42)47-34)46-36(43)38(7)28-17-20-39(8,9)21-18-28/h11-15,24,26-32,34-35,40-41,44H,10,16-23H2,1-9H3/q+1/b12-11+,15-14+,25-13+/t24-,26+,27-,29-,30+,31-,32+,34-,35-,37-/m1/s1. The van der Waals surface area contributed by atoms with Crippen LogP contribution in [0.25, 0.3) is 0 Å². The number of epoxide rings is 1. The van der Waals surface area contributed by atoms with E-state index in [2.05, 4.69) is 27.1 Å². The third-order valence-electron chi connectivity index (χ3n) is 10.5. The van der Waals surface area contributed by atoms with E-state index in [4.69, 9.17) is 14.2 Å². The summed E-state index contributed by atoms with van der Waals surface area (Å²) in [7, 11) is 6.14. The van der Waals surface area contributed by atoms with Crippen LogP contribution in [-0.2, 0) is 19.0 Å². The predicted octanol–water partition coefficient (Wildman–Crippen LogP) is 4.77. The van der Waals surface area contributed by atoms with Crippen LogP contribution < -0.4 is 0 Å². The molecule has 10 nitrogen and oxygen atoms in total. The second kappa shape index (κ2) is 16.9. The molecule has 0 bridgehead atoms. The zero-order valence-corrected chi connectivity index (χ0v) is 30.3. The van der Waals surface area contributed by atoms with Crippen molar-refractivity contribution < 1.29 is 43.6 Å². The summed E-state index contributed by atoms with van der Waals surface area (Å²) in [5.41, 5.74) is -0.637. The Hall–Kier alpha value is -2.24. The zero-order chi connectivity index (χ0) is 35.1. The third kappa shape index (κ3) is 11.7. The second-order valence-electron chi connectivity index (χ2n) is 15.4. The normalized spacial score (nSPS) is 35.1. The molecule has 0 aromatic rings. The van der Waals surface area contributed by atoms with Crippen molar-refractivity contribution in [3.8, 4) is 0 Å². The first-order valence-electron chi connectivity index (χ1n) is 17.7. The molecule has 0 aromatic carbocycles. The fraction of sp³-hybridized carbons (Fsp3) is 0.784. The van der Waals surface area contributed by atoms with E-state index in [1.807, 2.05) is 45.9 Å². The van der Waals surface area contributed by atoms with Gasteiger partial charge in [-0.1, -0.05) is 52.0 Å². The number of cyclic esters (lactones) is 1. The monoisotopic (exact) mass is 663 g/mol. The van der Waals surface area contributed by atoms with Crippen molar-refractivity contribution in [1.29, 1.82) is 0 Å². The Morgan fingerprint density at radius 2 is 1.87 bits per heavy atom. The molecule has 10 atom stereocenters. The number of likely N-dealkylation sites (tertiary alicyclic amines) is 1. The predicted molar refractivity (Wildman–Crippen MR) is 182 cm³/mol. The first-order valence-corrected chi connectivity index (χ1v) is 17.7. The summed E-state index contributed by atoms with van der Waals surface area (Å²) in [6.07, 6.45) is 9.76. The van der Waals surface area contributed by atoms with E-state index < -0.39 is 36.0 Å². The van der Waals surface area contributed by atoms with E-state index in [1.165, 1.54) is 0 Å². The second-order valence-corrected chi connectivity index (χ2v) is 15.4. The van der Waals surface area contributed by atoms with Gasteiger partial charge < -0.3 is 38.9 Å². The number of esters is 1. The molecule has 10 heteroatoms. The highest BCUT2D eigenvalue weighted by Crippen LogP contribution is 2.36. The van der Waals surface area contributed by atoms with Gasteiger partial charge in [0.05, 0.1) is 58.0 Å². The van der Waals surface area contributed by atoms with Crippen LogP contribution in [0.5, 0.6) is 0 Å². The van der Waals surface area contributed by atoms with Crippen molar-refractivity contribution in [1.82, 2.24) is 4.90 Å². The molecule has 1 amide bonds. The van der Waals surface area contributed by atoms with Crippen LogP contribution in [0, 0.1) is 17.8 Å². The van der Waals surface area contributed by atoms with Crippen molar-refractivity contribution in [2.24, 2.45) is 17.8 Å². The average molecular weight is 664 g/mol. The lowest BCUT2D eigenvalue weighted by Crippen LogP contribution is -2.53. The van der Waals surface area contributed by atoms with Gasteiger partial charge in [-0.05, 0) is 57.1 Å². The van der Waals surface area contributed by atoms with Gasteiger partial charge in [-0.2, -0.15) is 0 Å². The number of quaternary nitrogens is 1. The largest absolute Gasteiger partial charge is 0.457 e. The fourth-order valence-corrected chi connectivity index (χ4v) is 6.77. The number of hydrogen-bond acceptors (Lipinski definition) is 8. The van der Waals surface area contributed by atoms with Crippen LogP contribution in [-0.4, -0.2) is 119 Å². The van der Waals surface area contributed by atoms with Gasteiger partial charge in [0, 0.05) is 37.8 Å². The molecule has 2 fully saturated rings. The summed E-state index contributed by atoms with van der Waals surface area (Å²) in [4.78, 5) is 27.8. The van der Waals surface area contributed by atoms with Crippen molar-refractivity contribution in [2.45, 2.75) is 135 Å². The van der Waals surface area contributed by atoms with Crippen LogP contribution in [0.15, 0.2) is 36.0 Å². The van der Waals surface area contributed by atoms with Gasteiger partial charge in [0.15, 0.2) is 6.10 Å². The Labute approximate surface area is 283 Å². The van der Waals surface area contributed by atoms with Gasteiger partial charge in [-0.15, -0.1) is 0 Å². The Kier molecular flexibility index (Phi) is 14.1. The zero-order valence-electron chi connectivity index (χ0n) is 30.3. The number of carbonyl (C=O) groups is 2. The Morgan fingerprint density at radius 1 is 1.21 bits per heavy atom. The van der Waals surface area contributed by atoms with Crippen LogP contribution in [0.1, 0.15) is 86.5 Å². The minimum atomic E-state index is -1.46. The molecule has 0 aliphatic carbocycles. The number of piperidine rings is 1. The molecule has 3 heterocycles. The molecule has 3 N–H and O–H groups in total. The summed E-state index contributed by atoms with van der Waals surface area (Å²) < 4.78 is 18.6. The highest BCUT2D eigenvalue weighted by molar-refractivity contribution is 5.70. The van der Waals surface area contributed by atoms with E-state index >= 15 is 0 Å². The molecule has 2 saturated heterocycles. The maximum Gasteiger partial charge on any atom is 0.410 e. The molecular weight excluding hydrogens is 600 g/mol. The molecule has 3 aliphatic heterocycles. The van der Waals surface area contributed by atoms with E-state index in [0.717, 1.165) is 42.4 Å². The highest BCUT2D eigenvalue weighted by atomic mass is 16.6. The van der Waals surface area contributed by atoms with Gasteiger partial charge in [0.2, 0.25) is 0 Å². The van der Waals surface area contributed by atoms with Crippen molar-refractivity contribution in [3.05, 3.63) is 36.0 Å². The average Bonchev–Trinajstić information content (AvgIpc) is 3.77. The van der Waals surface area contributed by atoms with Gasteiger partial charge >= 0.3 is 12.1 Å². The molecule has 0 unspecified atom stereocenters. The number of ether oxygens (including phenoxy) is 3. The fourth-order valence-electron chi connectivity index (χ4n) is 6.77. The van der Waals surface area contributed by atoms with Crippen LogP contribution in [0.2, 0.25) is 0 Å². The summed E-state index contributed by atoms with van der Waals surface area (Å²) >= 11 is 0. The molecule has 0 aromatic heterocycles. The molecule has 47 heavy (non-hydrogen) atoms. The Balaban J connectivity index is 1.72. The van der Waals surface area contributed by atoms with Gasteiger partial charge in [-0.25, -0.2) is 4.79 Å². The number of carbonyl (C=O) groups excluding carboxylic acids is 2. The third-order valence-corrected chi connectivity index (χ3v) is 10.5. The highest BCUT2D eigenvalue weighted by Gasteiger charge is 2.45. The van der Waals surface area contributed by atoms with Gasteiger partial charge in [0.25, 0.3) is 0 Å². The van der Waals surface area contributed by atoms with E-state index in [9.17, 15) is 24.9 Å². The Bertz CT molecular complexity index is 1120. The minimum absolute atomic E-state index is 0.0673. The van der Waals surface area contributed by atoms with E-state index in [-0.39, 0.29) is 61.4 Å². The lowest BCUT2D eigenvalue weighted by Gasteiger charge is -2.40. The first-order chi connectivity index (χ1) is 21.9. The molecule has 0 saturated carbocycles. The van der Waals surface area contributed by atoms with Crippen molar-refractivity contribution in [3.63, 3.8) is 0 Å². The number of aliphatic hydroxyl groups excluding tert-OH is 2. The topological polar surface area (TPSA) is 129 Å². The summed E-state index contributed by atoms with van der Waals surface area (Å²) in [5.74, 6) is -0.449. The van der Waals surface area contributed by atoms with Gasteiger partial charge in [0.1, 0.15) is 11.7 Å². The van der Waals surface area contributed by atoms with Crippen molar-refractivity contribution in [2.75, 3.05) is 34.2 Å². The minimum Gasteiger partial charge on any atom is -0.457 e. The first kappa shape index (κ1) is 39.2. The number of amides is 1. The van der Waals surface area contributed by atoms with Crippen molar-refractivity contribution >= 4 is 12.1 Å². The number of hydrogen-bond donors (Lipinski definition) is 3. The molecule has 268 valence electrons. The van der Waals surface area contributed by atoms with E-state index in [1.54, 1.807) is 24.9 Å². The molecule has 0 spiro atoms. The van der Waals surface area contributed by atoms with Gasteiger partial charge in [-0.3, -0.25) is 4.79 Å². The number of allylic oxidation sites excluding steroid dienone is 3. The Morgan fingerprint density at radius 3 is 2.51 bits per heavy atom. The van der Waals surface area contributed by atoms with Crippen LogP contribution >= 0.6 is 0 Å². The lowest BCUT2D eigenvalue weighted by molar-refractivity contribution is -0.895. The van der Waals surface area contributed by atoms with E-state index in [0.29, 0.717) is 6.42 Å². The molecule has 3 aliphatic rings. The van der Waals surface area contributed by atoms with Crippen LogP contribution in [0.4, 0.5) is 4.79 Å². The number of nitrogens with zero attached hydrogens (tertiary/aromatic N) is 2. The summed E-state index contributed by atoms with van der Waals surface area (Å²) in [6.45, 7) is 13.5. The summed E-state index contributed by atoms with van der Waals surface area (Å²) in [5, 5.41) is 32.3. The summed E-state index contributed by atoms with van der Waals surface area (Å²) in [6, 6.07) is 0.0673. The molecule has 0 radical (unpaired) electrons. The smallest absolute Gasteiger partial charge is 0.410 e. The number of rotatable bonds is 10. The maximum atomic E-state index is 13.3. The van der Waals surface area contributed by atoms with Crippen LogP contribution in [0.3, 0.4) is 0 Å². The molecule has 3 rings (SSSR count). The SMILES string of the molecule is CC[C@H](O)[C@@H](C)[C@H]1O[C@@H]1C[C@H](C)/C=C/C=C(\C)[C@H]1OC(=O)C[C@H](O)CC[C@@](C)(O)[C@@H](OC(=O)N(C)C2CC[N+](C)(C)CC2)/C=C/[C@@H]1C. The maximum absolute atomic E-state index is 13.3. The quantitative estimate of drug-likeness (QED) is 0.100. The number of aliphatic hydroxyl groups is 3. The lowest BCUT2D eigenvalue weighted by atomic mass is 9.88. The molecular formula is C37H63N2O8+.